The number of carbonyl (C=O) groups is 2. The Morgan fingerprint density at radius 2 is 2.00 bits per heavy atom. The van der Waals surface area contributed by atoms with Crippen molar-refractivity contribution in [2.75, 3.05) is 14.2 Å². The highest BCUT2D eigenvalue weighted by molar-refractivity contribution is 7.12. The van der Waals surface area contributed by atoms with E-state index in [0.29, 0.717) is 21.9 Å². The summed E-state index contributed by atoms with van der Waals surface area (Å²) in [6.07, 6.45) is -0.251. The Labute approximate surface area is 144 Å². The van der Waals surface area contributed by atoms with Crippen LogP contribution in [0.25, 0.3) is 0 Å². The van der Waals surface area contributed by atoms with E-state index in [9.17, 15) is 14.7 Å². The van der Waals surface area contributed by atoms with Crippen molar-refractivity contribution in [3.8, 4) is 11.5 Å². The topological polar surface area (TPSA) is 84.9 Å². The number of nitrogens with one attached hydrogen (secondary N) is 1. The molecule has 0 aliphatic heterocycles. The molecule has 128 valence electrons. The SMILES string of the molecule is COc1ccc(C(CC(=O)O)NC(=O)c2sccc2C)c(OC)c1. The van der Waals surface area contributed by atoms with Gasteiger partial charge in [0, 0.05) is 11.6 Å². The smallest absolute Gasteiger partial charge is 0.305 e. The summed E-state index contributed by atoms with van der Waals surface area (Å²) >= 11 is 1.32. The summed E-state index contributed by atoms with van der Waals surface area (Å²) in [5.41, 5.74) is 1.44. The second kappa shape index (κ2) is 7.83. The van der Waals surface area contributed by atoms with Crippen LogP contribution in [0.15, 0.2) is 29.6 Å². The first-order chi connectivity index (χ1) is 11.5. The molecule has 1 amide bonds. The molecule has 1 unspecified atom stereocenters. The van der Waals surface area contributed by atoms with Gasteiger partial charge in [0.1, 0.15) is 11.5 Å². The van der Waals surface area contributed by atoms with Crippen LogP contribution in [-0.4, -0.2) is 31.2 Å². The molecule has 0 fully saturated rings. The zero-order chi connectivity index (χ0) is 17.7. The third-order valence-electron chi connectivity index (χ3n) is 3.57. The van der Waals surface area contributed by atoms with Crippen molar-refractivity contribution in [2.24, 2.45) is 0 Å². The van der Waals surface area contributed by atoms with Crippen molar-refractivity contribution in [3.05, 3.63) is 45.6 Å². The predicted molar refractivity (Wildman–Crippen MR) is 91.1 cm³/mol. The van der Waals surface area contributed by atoms with Crippen molar-refractivity contribution >= 4 is 23.2 Å². The average Bonchev–Trinajstić information content (AvgIpc) is 2.99. The zero-order valence-electron chi connectivity index (χ0n) is 13.7. The number of hydrogen-bond donors (Lipinski definition) is 2. The van der Waals surface area contributed by atoms with Crippen molar-refractivity contribution in [1.82, 2.24) is 5.32 Å². The molecule has 0 radical (unpaired) electrons. The minimum atomic E-state index is -1.01. The van der Waals surface area contributed by atoms with Crippen molar-refractivity contribution in [3.63, 3.8) is 0 Å². The fraction of sp³-hybridized carbons (Fsp3) is 0.294. The Kier molecular flexibility index (Phi) is 5.81. The van der Waals surface area contributed by atoms with E-state index < -0.39 is 12.0 Å². The van der Waals surface area contributed by atoms with Crippen molar-refractivity contribution in [1.29, 1.82) is 0 Å². The van der Waals surface area contributed by atoms with Gasteiger partial charge in [-0.3, -0.25) is 9.59 Å². The Morgan fingerprint density at radius 1 is 1.25 bits per heavy atom. The third kappa shape index (κ3) is 4.05. The van der Waals surface area contributed by atoms with Gasteiger partial charge in [0.25, 0.3) is 5.91 Å². The molecule has 0 saturated heterocycles. The van der Waals surface area contributed by atoms with Gasteiger partial charge in [-0.15, -0.1) is 11.3 Å². The Hall–Kier alpha value is -2.54. The molecule has 1 heterocycles. The molecule has 2 aromatic rings. The second-order valence-corrected chi connectivity index (χ2v) is 6.08. The Morgan fingerprint density at radius 3 is 2.54 bits per heavy atom. The molecule has 0 saturated carbocycles. The van der Waals surface area contributed by atoms with Gasteiger partial charge in [0.15, 0.2) is 0 Å². The molecule has 7 heteroatoms. The molecule has 0 aliphatic carbocycles. The van der Waals surface area contributed by atoms with Crippen LogP contribution in [0.2, 0.25) is 0 Å². The van der Waals surface area contributed by atoms with Crippen LogP contribution in [0, 0.1) is 6.92 Å². The van der Waals surface area contributed by atoms with E-state index in [2.05, 4.69) is 5.32 Å². The van der Waals surface area contributed by atoms with E-state index in [1.54, 1.807) is 18.2 Å². The molecular formula is C17H19NO5S. The highest BCUT2D eigenvalue weighted by atomic mass is 32.1. The van der Waals surface area contributed by atoms with Crippen LogP contribution >= 0.6 is 11.3 Å². The molecule has 0 spiro atoms. The maximum atomic E-state index is 12.5. The van der Waals surface area contributed by atoms with Crippen molar-refractivity contribution < 1.29 is 24.2 Å². The zero-order valence-corrected chi connectivity index (χ0v) is 14.5. The number of carboxylic acid groups (broad SMARTS) is 1. The summed E-state index contributed by atoms with van der Waals surface area (Å²) in [6.45, 7) is 1.84. The Balaban J connectivity index is 2.33. The molecule has 0 bridgehead atoms. The lowest BCUT2D eigenvalue weighted by Gasteiger charge is -2.20. The lowest BCUT2D eigenvalue weighted by Crippen LogP contribution is -2.30. The van der Waals surface area contributed by atoms with Gasteiger partial charge in [0.05, 0.1) is 31.6 Å². The second-order valence-electron chi connectivity index (χ2n) is 5.16. The first kappa shape index (κ1) is 17.8. The van der Waals surface area contributed by atoms with Crippen LogP contribution in [0.4, 0.5) is 0 Å². The number of methoxy groups -OCH3 is 2. The van der Waals surface area contributed by atoms with E-state index in [-0.39, 0.29) is 12.3 Å². The molecule has 0 aliphatic rings. The highest BCUT2D eigenvalue weighted by Gasteiger charge is 2.23. The van der Waals surface area contributed by atoms with E-state index in [0.717, 1.165) is 5.56 Å². The summed E-state index contributed by atoms with van der Waals surface area (Å²) in [4.78, 5) is 24.2. The van der Waals surface area contributed by atoms with Gasteiger partial charge in [0.2, 0.25) is 0 Å². The summed E-state index contributed by atoms with van der Waals surface area (Å²) < 4.78 is 10.5. The number of amides is 1. The van der Waals surface area contributed by atoms with Crippen LogP contribution < -0.4 is 14.8 Å². The number of rotatable bonds is 7. The Bertz CT molecular complexity index is 740. The first-order valence-electron chi connectivity index (χ1n) is 7.25. The van der Waals surface area contributed by atoms with Gasteiger partial charge in [-0.05, 0) is 36.1 Å². The molecule has 1 atom stereocenters. The standard InChI is InChI=1S/C17H19NO5S/c1-10-6-7-24-16(10)17(21)18-13(9-15(19)20)12-5-4-11(22-2)8-14(12)23-3/h4-8,13H,9H2,1-3H3,(H,18,21)(H,19,20). The molecular weight excluding hydrogens is 330 g/mol. The van der Waals surface area contributed by atoms with Crippen LogP contribution in [0.3, 0.4) is 0 Å². The van der Waals surface area contributed by atoms with Crippen LogP contribution in [0.5, 0.6) is 11.5 Å². The number of ether oxygens (including phenoxy) is 2. The number of aliphatic carboxylic acids is 1. The largest absolute Gasteiger partial charge is 0.497 e. The van der Waals surface area contributed by atoms with Gasteiger partial charge < -0.3 is 19.9 Å². The van der Waals surface area contributed by atoms with E-state index >= 15 is 0 Å². The van der Waals surface area contributed by atoms with E-state index in [1.807, 2.05) is 18.4 Å². The molecule has 1 aromatic heterocycles. The van der Waals surface area contributed by atoms with Crippen LogP contribution in [-0.2, 0) is 4.79 Å². The summed E-state index contributed by atoms with van der Waals surface area (Å²) in [7, 11) is 3.02. The fourth-order valence-electron chi connectivity index (χ4n) is 2.35. The molecule has 6 nitrogen and oxygen atoms in total. The predicted octanol–water partition coefficient (Wildman–Crippen LogP) is 3.02. The average molecular weight is 349 g/mol. The first-order valence-corrected chi connectivity index (χ1v) is 8.13. The van der Waals surface area contributed by atoms with Gasteiger partial charge in [-0.1, -0.05) is 0 Å². The van der Waals surface area contributed by atoms with Crippen LogP contribution in [0.1, 0.15) is 33.3 Å². The van der Waals surface area contributed by atoms with Gasteiger partial charge in [-0.25, -0.2) is 0 Å². The number of hydrogen-bond acceptors (Lipinski definition) is 5. The normalized spacial score (nSPS) is 11.6. The lowest BCUT2D eigenvalue weighted by atomic mass is 10.0. The molecule has 1 aromatic carbocycles. The third-order valence-corrected chi connectivity index (χ3v) is 4.58. The number of benzene rings is 1. The van der Waals surface area contributed by atoms with Gasteiger partial charge >= 0.3 is 5.97 Å². The molecule has 24 heavy (non-hydrogen) atoms. The molecule has 2 rings (SSSR count). The maximum Gasteiger partial charge on any atom is 0.305 e. The van der Waals surface area contributed by atoms with Crippen molar-refractivity contribution in [2.45, 2.75) is 19.4 Å². The minimum absolute atomic E-state index is 0.251. The summed E-state index contributed by atoms with van der Waals surface area (Å²) in [5, 5.41) is 13.8. The molecule has 2 N–H and O–H groups in total. The lowest BCUT2D eigenvalue weighted by molar-refractivity contribution is -0.137. The highest BCUT2D eigenvalue weighted by Crippen LogP contribution is 2.31. The number of carbonyl (C=O) groups excluding carboxylic acids is 1. The number of thiophene rings is 1. The summed E-state index contributed by atoms with van der Waals surface area (Å²) in [6, 6.07) is 6.20. The van der Waals surface area contributed by atoms with E-state index in [4.69, 9.17) is 9.47 Å². The summed E-state index contributed by atoms with van der Waals surface area (Å²) in [5.74, 6) is -0.262. The minimum Gasteiger partial charge on any atom is -0.497 e. The fourth-order valence-corrected chi connectivity index (χ4v) is 3.18. The maximum absolute atomic E-state index is 12.5. The number of carboxylic acids is 1. The van der Waals surface area contributed by atoms with E-state index in [1.165, 1.54) is 25.6 Å². The van der Waals surface area contributed by atoms with Gasteiger partial charge in [-0.2, -0.15) is 0 Å². The number of aryl methyl sites for hydroxylation is 1. The monoisotopic (exact) mass is 349 g/mol. The quantitative estimate of drug-likeness (QED) is 0.803.